The fourth-order valence-electron chi connectivity index (χ4n) is 3.42. The second-order valence-electron chi connectivity index (χ2n) is 7.28. The minimum atomic E-state index is -0.912. The zero-order chi connectivity index (χ0) is 21.4. The summed E-state index contributed by atoms with van der Waals surface area (Å²) < 4.78 is 8.46. The summed E-state index contributed by atoms with van der Waals surface area (Å²) in [5.41, 5.74) is 4.61. The molecule has 0 spiro atoms. The number of carbonyl (C=O) groups is 1. The second-order valence-corrected chi connectivity index (χ2v) is 10.7. The molecule has 0 aliphatic heterocycles. The van der Waals surface area contributed by atoms with Crippen LogP contribution in [-0.4, -0.2) is 15.4 Å². The van der Waals surface area contributed by atoms with Crippen LogP contribution >= 0.6 is 46.4 Å². The number of carboxylic acids is 1. The van der Waals surface area contributed by atoms with Crippen molar-refractivity contribution >= 4 is 58.1 Å². The summed E-state index contributed by atoms with van der Waals surface area (Å²) in [6, 6.07) is 17.6. The number of thiophene rings is 1. The molecule has 0 unspecified atom stereocenters. The van der Waals surface area contributed by atoms with Gasteiger partial charge in [0.05, 0.1) is 20.5 Å². The first-order valence-corrected chi connectivity index (χ1v) is 12.5. The molecule has 0 saturated heterocycles. The Labute approximate surface area is 197 Å². The van der Waals surface area contributed by atoms with E-state index in [-0.39, 0.29) is 0 Å². The number of halogens is 1. The number of carboxylic acid groups (broad SMARTS) is 1. The molecular formula is C23H17ClN2O2S3. The molecule has 1 saturated carbocycles. The molecule has 31 heavy (non-hydrogen) atoms. The Balaban J connectivity index is 1.51. The lowest BCUT2D eigenvalue weighted by molar-refractivity contribution is 0.0696. The lowest BCUT2D eigenvalue weighted by Gasteiger charge is -2.14. The number of hydrogen-bond acceptors (Lipinski definition) is 6. The van der Waals surface area contributed by atoms with Gasteiger partial charge in [0.25, 0.3) is 0 Å². The predicted octanol–water partition coefficient (Wildman–Crippen LogP) is 7.89. The second kappa shape index (κ2) is 8.67. The van der Waals surface area contributed by atoms with Crippen molar-refractivity contribution in [3.8, 4) is 20.9 Å². The highest BCUT2D eigenvalue weighted by atomic mass is 35.5. The fourth-order valence-corrected chi connectivity index (χ4v) is 6.02. The Morgan fingerprint density at radius 3 is 2.65 bits per heavy atom. The monoisotopic (exact) mass is 484 g/mol. The molecule has 0 radical (unpaired) electrons. The van der Waals surface area contributed by atoms with E-state index < -0.39 is 5.97 Å². The number of nitrogens with zero attached hydrogens (tertiary/aromatic N) is 1. The van der Waals surface area contributed by atoms with E-state index in [0.29, 0.717) is 11.5 Å². The molecular weight excluding hydrogens is 468 g/mol. The van der Waals surface area contributed by atoms with E-state index in [9.17, 15) is 9.90 Å². The summed E-state index contributed by atoms with van der Waals surface area (Å²) in [6.07, 6.45) is 4.10. The summed E-state index contributed by atoms with van der Waals surface area (Å²) in [7, 11) is 0. The van der Waals surface area contributed by atoms with Crippen LogP contribution in [0.15, 0.2) is 65.7 Å². The number of aromatic carboxylic acids is 1. The molecule has 1 fully saturated rings. The summed E-state index contributed by atoms with van der Waals surface area (Å²) >= 11 is 10.6. The highest BCUT2D eigenvalue weighted by Crippen LogP contribution is 2.45. The first-order chi connectivity index (χ1) is 15.1. The Hall–Kier alpha value is -2.32. The Kier molecular flexibility index (Phi) is 5.75. The topological polar surface area (TPSA) is 62.2 Å². The van der Waals surface area contributed by atoms with Gasteiger partial charge in [-0.05, 0) is 89.8 Å². The third-order valence-electron chi connectivity index (χ3n) is 5.13. The van der Waals surface area contributed by atoms with Crippen molar-refractivity contribution in [2.45, 2.75) is 23.7 Å². The van der Waals surface area contributed by atoms with Gasteiger partial charge in [-0.15, -0.1) is 11.3 Å². The maximum absolute atomic E-state index is 11.5. The first-order valence-electron chi connectivity index (χ1n) is 9.69. The van der Waals surface area contributed by atoms with E-state index in [1.165, 1.54) is 40.4 Å². The van der Waals surface area contributed by atoms with Gasteiger partial charge in [-0.25, -0.2) is 9.17 Å². The van der Waals surface area contributed by atoms with Crippen molar-refractivity contribution in [2.75, 3.05) is 4.72 Å². The minimum Gasteiger partial charge on any atom is -0.478 e. The van der Waals surface area contributed by atoms with Crippen LogP contribution in [0, 0.1) is 0 Å². The zero-order valence-corrected chi connectivity index (χ0v) is 19.4. The molecule has 2 heterocycles. The van der Waals surface area contributed by atoms with E-state index in [4.69, 9.17) is 11.6 Å². The van der Waals surface area contributed by atoms with Gasteiger partial charge < -0.3 is 9.83 Å². The van der Waals surface area contributed by atoms with Gasteiger partial charge in [0.15, 0.2) is 0 Å². The Bertz CT molecular complexity index is 1250. The third-order valence-corrected chi connectivity index (χ3v) is 8.08. The van der Waals surface area contributed by atoms with E-state index in [1.807, 2.05) is 24.3 Å². The third kappa shape index (κ3) is 4.50. The molecule has 0 amide bonds. The van der Waals surface area contributed by atoms with Gasteiger partial charge in [-0.2, -0.15) is 0 Å². The highest BCUT2D eigenvalue weighted by molar-refractivity contribution is 8.00. The molecule has 8 heteroatoms. The molecule has 5 rings (SSSR count). The van der Waals surface area contributed by atoms with Gasteiger partial charge in [0, 0.05) is 21.5 Å². The van der Waals surface area contributed by atoms with Crippen molar-refractivity contribution in [3.63, 3.8) is 0 Å². The Morgan fingerprint density at radius 1 is 1.10 bits per heavy atom. The van der Waals surface area contributed by atoms with Crippen LogP contribution in [0.4, 0.5) is 5.69 Å². The van der Waals surface area contributed by atoms with Gasteiger partial charge >= 0.3 is 5.97 Å². The standard InChI is InChI=1S/C23H17ClN2O2S3/c24-22-8-7-20(29-22)17-6-3-14(19-9-10-25-30-19)11-18(17)26-31-21-12-15(23(27)28)4-5-16(21)13-1-2-13/h3-13,26H,1-2H2,(H,27,28). The van der Waals surface area contributed by atoms with Crippen molar-refractivity contribution in [1.82, 2.24) is 4.37 Å². The molecule has 4 nitrogen and oxygen atoms in total. The number of hydrogen-bond donors (Lipinski definition) is 2. The van der Waals surface area contributed by atoms with Crippen LogP contribution in [0.1, 0.15) is 34.7 Å². The average Bonchev–Trinajstić information content (AvgIpc) is 3.28. The zero-order valence-electron chi connectivity index (χ0n) is 16.2. The van der Waals surface area contributed by atoms with E-state index >= 15 is 0 Å². The van der Waals surface area contributed by atoms with Crippen LogP contribution in [0.2, 0.25) is 4.34 Å². The normalized spacial score (nSPS) is 13.3. The molecule has 2 N–H and O–H groups in total. The quantitative estimate of drug-likeness (QED) is 0.261. The molecule has 1 aliphatic rings. The van der Waals surface area contributed by atoms with E-state index in [2.05, 4.69) is 27.3 Å². The van der Waals surface area contributed by atoms with Crippen molar-refractivity contribution in [3.05, 3.63) is 76.3 Å². The number of anilines is 1. The molecule has 2 aromatic carbocycles. The van der Waals surface area contributed by atoms with Gasteiger partial charge in [0.2, 0.25) is 0 Å². The van der Waals surface area contributed by atoms with Crippen LogP contribution < -0.4 is 4.72 Å². The fraction of sp³-hybridized carbons (Fsp3) is 0.130. The highest BCUT2D eigenvalue weighted by Gasteiger charge is 2.27. The van der Waals surface area contributed by atoms with E-state index in [1.54, 1.807) is 18.3 Å². The van der Waals surface area contributed by atoms with Crippen molar-refractivity contribution < 1.29 is 9.90 Å². The van der Waals surface area contributed by atoms with Crippen LogP contribution in [0.3, 0.4) is 0 Å². The number of nitrogens with one attached hydrogen (secondary N) is 1. The summed E-state index contributed by atoms with van der Waals surface area (Å²) in [5.74, 6) is -0.392. The molecule has 2 aromatic heterocycles. The molecule has 156 valence electrons. The minimum absolute atomic E-state index is 0.303. The molecule has 0 bridgehead atoms. The van der Waals surface area contributed by atoms with Gasteiger partial charge in [-0.1, -0.05) is 29.8 Å². The van der Waals surface area contributed by atoms with Crippen molar-refractivity contribution in [1.29, 1.82) is 0 Å². The molecule has 1 aliphatic carbocycles. The largest absolute Gasteiger partial charge is 0.478 e. The molecule has 4 aromatic rings. The lowest BCUT2D eigenvalue weighted by atomic mass is 10.1. The average molecular weight is 485 g/mol. The van der Waals surface area contributed by atoms with E-state index in [0.717, 1.165) is 48.6 Å². The predicted molar refractivity (Wildman–Crippen MR) is 131 cm³/mol. The van der Waals surface area contributed by atoms with Crippen LogP contribution in [-0.2, 0) is 0 Å². The molecule has 0 atom stereocenters. The number of rotatable bonds is 7. The van der Waals surface area contributed by atoms with Crippen molar-refractivity contribution in [2.24, 2.45) is 0 Å². The number of benzene rings is 2. The number of aromatic nitrogens is 1. The van der Waals surface area contributed by atoms with Gasteiger partial charge in [0.1, 0.15) is 0 Å². The maximum Gasteiger partial charge on any atom is 0.335 e. The SMILES string of the molecule is O=C(O)c1ccc(C2CC2)c(SNc2cc(-c3ccns3)ccc2-c2ccc(Cl)s2)c1. The van der Waals surface area contributed by atoms with Crippen LogP contribution in [0.25, 0.3) is 20.9 Å². The summed E-state index contributed by atoms with van der Waals surface area (Å²) in [4.78, 5) is 14.6. The maximum atomic E-state index is 11.5. The Morgan fingerprint density at radius 2 is 1.97 bits per heavy atom. The smallest absolute Gasteiger partial charge is 0.335 e. The summed E-state index contributed by atoms with van der Waals surface area (Å²) in [5, 5.41) is 9.43. The lowest BCUT2D eigenvalue weighted by Crippen LogP contribution is -1.99. The van der Waals surface area contributed by atoms with Gasteiger partial charge in [-0.3, -0.25) is 0 Å². The van der Waals surface area contributed by atoms with Crippen LogP contribution in [0.5, 0.6) is 0 Å². The first kappa shape index (κ1) is 20.6. The summed E-state index contributed by atoms with van der Waals surface area (Å²) in [6.45, 7) is 0.